The van der Waals surface area contributed by atoms with Crippen molar-refractivity contribution in [2.45, 2.75) is 19.8 Å². The molecule has 0 aliphatic carbocycles. The first kappa shape index (κ1) is 24.0. The molecular weight excluding hydrogens is 470 g/mol. The Morgan fingerprint density at radius 1 is 0.972 bits per heavy atom. The Morgan fingerprint density at radius 3 is 2.47 bits per heavy atom. The summed E-state index contributed by atoms with van der Waals surface area (Å²) in [5.74, 6) is -0.183. The minimum absolute atomic E-state index is 0.0659. The maximum atomic E-state index is 12.8. The normalized spacial score (nSPS) is 13.5. The Bertz CT molecular complexity index is 1340. The van der Waals surface area contributed by atoms with Crippen molar-refractivity contribution in [1.82, 2.24) is 15.2 Å². The van der Waals surface area contributed by atoms with E-state index in [4.69, 9.17) is 0 Å². The number of para-hydroxylation sites is 1. The molecule has 3 amide bonds. The number of carbonyl (C=O) groups is 2. The molecule has 1 saturated heterocycles. The van der Waals surface area contributed by atoms with E-state index in [-0.39, 0.29) is 11.9 Å². The molecule has 1 fully saturated rings. The summed E-state index contributed by atoms with van der Waals surface area (Å²) in [6.45, 7) is 5.16. The maximum absolute atomic E-state index is 12.8. The van der Waals surface area contributed by atoms with E-state index in [0.29, 0.717) is 30.2 Å². The molecular formula is C28H29N5O2S. The number of fused-ring (bicyclic) bond motifs is 1. The SMILES string of the molecule is CCc1ccc(NC(=O)N2CCNCC2)c(Cc2ccc(C(=O)Nc3nc4ccccc4s3)cc2)c1. The number of aromatic nitrogens is 1. The van der Waals surface area contributed by atoms with Gasteiger partial charge in [-0.25, -0.2) is 9.78 Å². The monoisotopic (exact) mass is 499 g/mol. The molecule has 0 atom stereocenters. The van der Waals surface area contributed by atoms with Gasteiger partial charge in [-0.2, -0.15) is 0 Å². The van der Waals surface area contributed by atoms with Gasteiger partial charge in [0.25, 0.3) is 5.91 Å². The van der Waals surface area contributed by atoms with E-state index in [0.717, 1.165) is 46.5 Å². The summed E-state index contributed by atoms with van der Waals surface area (Å²) in [7, 11) is 0. The van der Waals surface area contributed by atoms with Gasteiger partial charge in [-0.15, -0.1) is 0 Å². The quantitative estimate of drug-likeness (QED) is 0.343. The number of nitrogens with zero attached hydrogens (tertiary/aromatic N) is 2. The van der Waals surface area contributed by atoms with Crippen molar-refractivity contribution in [3.8, 4) is 0 Å². The molecule has 5 rings (SSSR count). The smallest absolute Gasteiger partial charge is 0.321 e. The van der Waals surface area contributed by atoms with Crippen LogP contribution < -0.4 is 16.0 Å². The highest BCUT2D eigenvalue weighted by molar-refractivity contribution is 7.22. The number of rotatable bonds is 6. The average Bonchev–Trinajstić information content (AvgIpc) is 3.32. The van der Waals surface area contributed by atoms with Crippen LogP contribution in [0.15, 0.2) is 66.7 Å². The second kappa shape index (κ2) is 10.9. The van der Waals surface area contributed by atoms with E-state index in [1.807, 2.05) is 59.5 Å². The van der Waals surface area contributed by atoms with Crippen molar-refractivity contribution in [2.75, 3.05) is 36.8 Å². The summed E-state index contributed by atoms with van der Waals surface area (Å²) in [5.41, 5.74) is 5.63. The van der Waals surface area contributed by atoms with Crippen LogP contribution >= 0.6 is 11.3 Å². The molecule has 1 aromatic heterocycles. The molecule has 3 aromatic carbocycles. The van der Waals surface area contributed by atoms with Crippen LogP contribution in [0.4, 0.5) is 15.6 Å². The van der Waals surface area contributed by atoms with Crippen LogP contribution in [0, 0.1) is 0 Å². The Kier molecular flexibility index (Phi) is 7.25. The predicted molar refractivity (Wildman–Crippen MR) is 146 cm³/mol. The van der Waals surface area contributed by atoms with Crippen molar-refractivity contribution in [3.63, 3.8) is 0 Å². The van der Waals surface area contributed by atoms with E-state index in [1.165, 1.54) is 16.9 Å². The number of nitrogens with one attached hydrogen (secondary N) is 3. The third-order valence-corrected chi connectivity index (χ3v) is 7.30. The first-order chi connectivity index (χ1) is 17.6. The van der Waals surface area contributed by atoms with Gasteiger partial charge in [-0.3, -0.25) is 10.1 Å². The molecule has 36 heavy (non-hydrogen) atoms. The lowest BCUT2D eigenvalue weighted by molar-refractivity contribution is 0.102. The summed E-state index contributed by atoms with van der Waals surface area (Å²) in [6, 6.07) is 21.6. The summed E-state index contributed by atoms with van der Waals surface area (Å²) in [6.07, 6.45) is 1.58. The van der Waals surface area contributed by atoms with E-state index >= 15 is 0 Å². The van der Waals surface area contributed by atoms with Crippen LogP contribution in [-0.4, -0.2) is 48.0 Å². The molecule has 8 heteroatoms. The molecule has 0 radical (unpaired) electrons. The van der Waals surface area contributed by atoms with Crippen LogP contribution in [0.3, 0.4) is 0 Å². The van der Waals surface area contributed by atoms with E-state index < -0.39 is 0 Å². The standard InChI is InChI=1S/C28H29N5O2S/c1-2-19-9-12-23(31-28(35)33-15-13-29-14-16-33)22(17-19)18-20-7-10-21(11-8-20)26(34)32-27-30-24-5-3-4-6-25(24)36-27/h3-12,17,29H,2,13-16,18H2,1H3,(H,31,35)(H,30,32,34). The molecule has 1 aliphatic rings. The minimum atomic E-state index is -0.183. The third kappa shape index (κ3) is 5.56. The van der Waals surface area contributed by atoms with Gasteiger partial charge in [-0.05, 0) is 59.9 Å². The Hall–Kier alpha value is -3.75. The number of carbonyl (C=O) groups excluding carboxylic acids is 2. The highest BCUT2D eigenvalue weighted by Crippen LogP contribution is 2.26. The molecule has 0 saturated carbocycles. The van der Waals surface area contributed by atoms with Gasteiger partial charge in [0.2, 0.25) is 0 Å². The number of urea groups is 1. The highest BCUT2D eigenvalue weighted by Gasteiger charge is 2.18. The molecule has 0 unspecified atom stereocenters. The number of aryl methyl sites for hydroxylation is 1. The number of thiazole rings is 1. The topological polar surface area (TPSA) is 86.4 Å². The fourth-order valence-electron chi connectivity index (χ4n) is 4.29. The summed E-state index contributed by atoms with van der Waals surface area (Å²) < 4.78 is 1.04. The van der Waals surface area contributed by atoms with Gasteiger partial charge in [0.15, 0.2) is 5.13 Å². The Balaban J connectivity index is 1.28. The van der Waals surface area contributed by atoms with Gasteiger partial charge >= 0.3 is 6.03 Å². The number of benzene rings is 3. The van der Waals surface area contributed by atoms with Gasteiger partial charge in [0.05, 0.1) is 10.2 Å². The van der Waals surface area contributed by atoms with Gasteiger partial charge in [0, 0.05) is 37.4 Å². The van der Waals surface area contributed by atoms with Gasteiger partial charge < -0.3 is 15.5 Å². The lowest BCUT2D eigenvalue weighted by Crippen LogP contribution is -2.48. The van der Waals surface area contributed by atoms with Crippen LogP contribution in [0.25, 0.3) is 10.2 Å². The van der Waals surface area contributed by atoms with Crippen LogP contribution in [0.1, 0.15) is 34.0 Å². The zero-order chi connectivity index (χ0) is 24.9. The van der Waals surface area contributed by atoms with E-state index in [1.54, 1.807) is 0 Å². The van der Waals surface area contributed by atoms with E-state index in [2.05, 4.69) is 40.0 Å². The summed E-state index contributed by atoms with van der Waals surface area (Å²) in [4.78, 5) is 31.9. The van der Waals surface area contributed by atoms with Gasteiger partial charge in [-0.1, -0.05) is 54.7 Å². The Morgan fingerprint density at radius 2 is 1.72 bits per heavy atom. The lowest BCUT2D eigenvalue weighted by atomic mass is 9.99. The average molecular weight is 500 g/mol. The molecule has 7 nitrogen and oxygen atoms in total. The van der Waals surface area contributed by atoms with Crippen molar-refractivity contribution in [1.29, 1.82) is 0 Å². The fourth-order valence-corrected chi connectivity index (χ4v) is 5.15. The predicted octanol–water partition coefficient (Wildman–Crippen LogP) is 5.14. The van der Waals surface area contributed by atoms with Gasteiger partial charge in [0.1, 0.15) is 0 Å². The van der Waals surface area contributed by atoms with Crippen molar-refractivity contribution >= 4 is 44.3 Å². The highest BCUT2D eigenvalue weighted by atomic mass is 32.1. The molecule has 3 N–H and O–H groups in total. The number of anilines is 2. The molecule has 0 bridgehead atoms. The van der Waals surface area contributed by atoms with Crippen LogP contribution in [0.5, 0.6) is 0 Å². The minimum Gasteiger partial charge on any atom is -0.322 e. The summed E-state index contributed by atoms with van der Waals surface area (Å²) in [5, 5.41) is 9.88. The zero-order valence-electron chi connectivity index (χ0n) is 20.2. The van der Waals surface area contributed by atoms with Crippen LogP contribution in [0.2, 0.25) is 0 Å². The first-order valence-electron chi connectivity index (χ1n) is 12.2. The van der Waals surface area contributed by atoms with Crippen molar-refractivity contribution in [3.05, 3.63) is 89.0 Å². The van der Waals surface area contributed by atoms with E-state index in [9.17, 15) is 9.59 Å². The third-order valence-electron chi connectivity index (χ3n) is 6.35. The summed E-state index contributed by atoms with van der Waals surface area (Å²) >= 11 is 1.46. The Labute approximate surface area is 214 Å². The number of amides is 3. The molecule has 1 aliphatic heterocycles. The second-order valence-corrected chi connectivity index (χ2v) is 9.86. The number of piperazine rings is 1. The largest absolute Gasteiger partial charge is 0.322 e. The first-order valence-corrected chi connectivity index (χ1v) is 13.0. The molecule has 4 aromatic rings. The number of hydrogen-bond acceptors (Lipinski definition) is 5. The second-order valence-electron chi connectivity index (χ2n) is 8.83. The maximum Gasteiger partial charge on any atom is 0.321 e. The molecule has 2 heterocycles. The molecule has 184 valence electrons. The molecule has 0 spiro atoms. The zero-order valence-corrected chi connectivity index (χ0v) is 21.0. The lowest BCUT2D eigenvalue weighted by Gasteiger charge is -2.28. The number of hydrogen-bond donors (Lipinski definition) is 3. The van der Waals surface area contributed by atoms with Crippen molar-refractivity contribution < 1.29 is 9.59 Å². The van der Waals surface area contributed by atoms with Crippen molar-refractivity contribution in [2.24, 2.45) is 0 Å². The van der Waals surface area contributed by atoms with Crippen LogP contribution in [-0.2, 0) is 12.8 Å². The fraction of sp³-hybridized carbons (Fsp3) is 0.250.